The lowest BCUT2D eigenvalue weighted by atomic mass is 10.1. The van der Waals surface area contributed by atoms with E-state index in [2.05, 4.69) is 21.1 Å². The molecule has 0 aliphatic heterocycles. The van der Waals surface area contributed by atoms with Crippen molar-refractivity contribution in [2.24, 2.45) is 0 Å². The number of rotatable bonds is 4. The number of nitriles is 1. The molecule has 0 spiro atoms. The zero-order chi connectivity index (χ0) is 20.4. The molecule has 3 heterocycles. The van der Waals surface area contributed by atoms with Crippen molar-refractivity contribution in [1.82, 2.24) is 19.7 Å². The van der Waals surface area contributed by atoms with Crippen LogP contribution in [0.15, 0.2) is 54.2 Å². The second kappa shape index (κ2) is 7.95. The van der Waals surface area contributed by atoms with Crippen LogP contribution in [-0.2, 0) is 0 Å². The maximum Gasteiger partial charge on any atom is 0.140 e. The Bertz CT molecular complexity index is 1240. The molecule has 0 N–H and O–H groups in total. The largest absolute Gasteiger partial charge is 0.265 e. The number of nitrogens with zero attached hydrogens (tertiary/aromatic N) is 5. The standard InChI is InChI=1S/C21H13ClFN5S/c1-13-18(20(22)28(27-13)17-4-2-16(23)3-5-17)10-15(11-24)21-26-19(12-29-21)14-6-8-25-9-7-14/h2-10,12H,1H3/b15-10-. The maximum absolute atomic E-state index is 13.2. The van der Waals surface area contributed by atoms with E-state index in [4.69, 9.17) is 11.6 Å². The van der Waals surface area contributed by atoms with E-state index in [1.165, 1.54) is 28.2 Å². The van der Waals surface area contributed by atoms with Gasteiger partial charge in [0.1, 0.15) is 22.0 Å². The Kier molecular flexibility index (Phi) is 5.21. The van der Waals surface area contributed by atoms with E-state index >= 15 is 0 Å². The van der Waals surface area contributed by atoms with Crippen LogP contribution < -0.4 is 0 Å². The van der Waals surface area contributed by atoms with Gasteiger partial charge in [0.25, 0.3) is 0 Å². The van der Waals surface area contributed by atoms with Crippen LogP contribution in [-0.4, -0.2) is 19.7 Å². The molecule has 0 amide bonds. The van der Waals surface area contributed by atoms with E-state index in [1.54, 1.807) is 37.5 Å². The molecule has 0 radical (unpaired) electrons. The van der Waals surface area contributed by atoms with E-state index in [-0.39, 0.29) is 5.82 Å². The van der Waals surface area contributed by atoms with Gasteiger partial charge < -0.3 is 0 Å². The van der Waals surface area contributed by atoms with Gasteiger partial charge in [-0.2, -0.15) is 10.4 Å². The second-order valence-corrected chi connectivity index (χ2v) is 7.34. The van der Waals surface area contributed by atoms with E-state index in [0.717, 1.165) is 11.3 Å². The Hall–Kier alpha value is -3.34. The molecule has 4 rings (SSSR count). The Balaban J connectivity index is 1.72. The van der Waals surface area contributed by atoms with Crippen LogP contribution in [0.1, 0.15) is 16.3 Å². The molecule has 0 aliphatic carbocycles. The fourth-order valence-corrected chi connectivity index (χ4v) is 3.89. The van der Waals surface area contributed by atoms with Gasteiger partial charge >= 0.3 is 0 Å². The number of halogens is 2. The highest BCUT2D eigenvalue weighted by Crippen LogP contribution is 2.30. The lowest BCUT2D eigenvalue weighted by molar-refractivity contribution is 0.627. The topological polar surface area (TPSA) is 67.4 Å². The molecule has 0 aliphatic rings. The van der Waals surface area contributed by atoms with Gasteiger partial charge in [-0.1, -0.05) is 11.6 Å². The monoisotopic (exact) mass is 421 g/mol. The van der Waals surface area contributed by atoms with Crippen molar-refractivity contribution in [2.45, 2.75) is 6.92 Å². The van der Waals surface area contributed by atoms with Crippen LogP contribution in [0.4, 0.5) is 4.39 Å². The predicted octanol–water partition coefficient (Wildman–Crippen LogP) is 5.56. The molecule has 4 aromatic rings. The van der Waals surface area contributed by atoms with Crippen molar-refractivity contribution in [1.29, 1.82) is 5.26 Å². The van der Waals surface area contributed by atoms with E-state index in [9.17, 15) is 9.65 Å². The minimum Gasteiger partial charge on any atom is -0.265 e. The third-order valence-electron chi connectivity index (χ3n) is 4.24. The summed E-state index contributed by atoms with van der Waals surface area (Å²) in [7, 11) is 0. The molecule has 0 bridgehead atoms. The van der Waals surface area contributed by atoms with Gasteiger partial charge in [-0.15, -0.1) is 11.3 Å². The van der Waals surface area contributed by atoms with Crippen molar-refractivity contribution < 1.29 is 4.39 Å². The first kappa shape index (κ1) is 19.0. The van der Waals surface area contributed by atoms with E-state index in [1.807, 2.05) is 17.5 Å². The first-order valence-corrected chi connectivity index (χ1v) is 9.81. The van der Waals surface area contributed by atoms with Gasteiger partial charge in [0.05, 0.1) is 22.6 Å². The summed E-state index contributed by atoms with van der Waals surface area (Å²) in [6.45, 7) is 1.80. The summed E-state index contributed by atoms with van der Waals surface area (Å²) < 4.78 is 14.7. The summed E-state index contributed by atoms with van der Waals surface area (Å²) in [5.74, 6) is -0.339. The summed E-state index contributed by atoms with van der Waals surface area (Å²) in [6.07, 6.45) is 5.07. The van der Waals surface area contributed by atoms with Gasteiger partial charge in [-0.3, -0.25) is 4.98 Å². The van der Waals surface area contributed by atoms with Crippen LogP contribution >= 0.6 is 22.9 Å². The second-order valence-electron chi connectivity index (χ2n) is 6.12. The lowest BCUT2D eigenvalue weighted by Crippen LogP contribution is -1.96. The van der Waals surface area contributed by atoms with Crippen LogP contribution in [0, 0.1) is 24.1 Å². The van der Waals surface area contributed by atoms with Crippen molar-refractivity contribution in [3.05, 3.63) is 81.4 Å². The molecule has 0 fully saturated rings. The highest BCUT2D eigenvalue weighted by atomic mass is 35.5. The number of benzene rings is 1. The molecule has 0 saturated carbocycles. The zero-order valence-electron chi connectivity index (χ0n) is 15.2. The molecule has 0 saturated heterocycles. The lowest BCUT2D eigenvalue weighted by Gasteiger charge is -2.02. The van der Waals surface area contributed by atoms with Crippen LogP contribution in [0.2, 0.25) is 5.15 Å². The highest BCUT2D eigenvalue weighted by Gasteiger charge is 2.16. The van der Waals surface area contributed by atoms with Gasteiger partial charge in [0, 0.05) is 28.9 Å². The first-order chi connectivity index (χ1) is 14.1. The van der Waals surface area contributed by atoms with Crippen molar-refractivity contribution in [2.75, 3.05) is 0 Å². The normalized spacial score (nSPS) is 11.4. The van der Waals surface area contributed by atoms with Gasteiger partial charge in [0.15, 0.2) is 0 Å². The number of aromatic nitrogens is 4. The Morgan fingerprint density at radius 3 is 2.62 bits per heavy atom. The first-order valence-electron chi connectivity index (χ1n) is 8.56. The molecule has 142 valence electrons. The summed E-state index contributed by atoms with van der Waals surface area (Å²) in [5, 5.41) is 16.9. The summed E-state index contributed by atoms with van der Waals surface area (Å²) in [6, 6.07) is 11.8. The van der Waals surface area contributed by atoms with Crippen LogP contribution in [0.25, 0.3) is 28.6 Å². The number of hydrogen-bond donors (Lipinski definition) is 0. The predicted molar refractivity (Wildman–Crippen MR) is 112 cm³/mol. The zero-order valence-corrected chi connectivity index (χ0v) is 16.7. The van der Waals surface area contributed by atoms with Crippen molar-refractivity contribution in [3.63, 3.8) is 0 Å². The number of thiazole rings is 1. The fraction of sp³-hybridized carbons (Fsp3) is 0.0476. The molecular formula is C21H13ClFN5S. The molecule has 0 atom stereocenters. The minimum absolute atomic E-state index is 0.339. The third kappa shape index (κ3) is 3.81. The maximum atomic E-state index is 13.2. The SMILES string of the molecule is Cc1nn(-c2ccc(F)cc2)c(Cl)c1/C=C(/C#N)c1nc(-c2ccncc2)cs1. The average Bonchev–Trinajstić information content (AvgIpc) is 3.33. The summed E-state index contributed by atoms with van der Waals surface area (Å²) >= 11 is 7.90. The Morgan fingerprint density at radius 1 is 1.21 bits per heavy atom. The van der Waals surface area contributed by atoms with Gasteiger partial charge in [-0.05, 0) is 49.4 Å². The van der Waals surface area contributed by atoms with Crippen LogP contribution in [0.5, 0.6) is 0 Å². The quantitative estimate of drug-likeness (QED) is 0.405. The molecule has 1 aromatic carbocycles. The molecular weight excluding hydrogens is 409 g/mol. The average molecular weight is 422 g/mol. The fourth-order valence-electron chi connectivity index (χ4n) is 2.77. The van der Waals surface area contributed by atoms with Gasteiger partial charge in [0.2, 0.25) is 0 Å². The Labute approximate surface area is 175 Å². The molecule has 0 unspecified atom stereocenters. The molecule has 5 nitrogen and oxygen atoms in total. The summed E-state index contributed by atoms with van der Waals surface area (Å²) in [4.78, 5) is 8.57. The number of hydrogen-bond acceptors (Lipinski definition) is 5. The minimum atomic E-state index is -0.339. The summed E-state index contributed by atoms with van der Waals surface area (Å²) in [5.41, 5.74) is 3.99. The third-order valence-corrected chi connectivity index (χ3v) is 5.48. The Morgan fingerprint density at radius 2 is 1.93 bits per heavy atom. The molecule has 29 heavy (non-hydrogen) atoms. The van der Waals surface area contributed by atoms with E-state index in [0.29, 0.717) is 32.7 Å². The van der Waals surface area contributed by atoms with E-state index < -0.39 is 0 Å². The number of aryl methyl sites for hydroxylation is 1. The van der Waals surface area contributed by atoms with Crippen LogP contribution in [0.3, 0.4) is 0 Å². The number of allylic oxidation sites excluding steroid dienone is 1. The van der Waals surface area contributed by atoms with Gasteiger partial charge in [-0.25, -0.2) is 14.1 Å². The number of pyridine rings is 1. The molecule has 3 aromatic heterocycles. The van der Waals surface area contributed by atoms with Crippen molar-refractivity contribution in [3.8, 4) is 23.0 Å². The van der Waals surface area contributed by atoms with Crippen molar-refractivity contribution >= 4 is 34.6 Å². The smallest absolute Gasteiger partial charge is 0.140 e. The molecule has 8 heteroatoms. The highest BCUT2D eigenvalue weighted by molar-refractivity contribution is 7.11.